The summed E-state index contributed by atoms with van der Waals surface area (Å²) in [4.78, 5) is 24.1. The third kappa shape index (κ3) is 2.94. The molecule has 0 radical (unpaired) electrons. The highest BCUT2D eigenvalue weighted by Gasteiger charge is 2.19. The van der Waals surface area contributed by atoms with Crippen LogP contribution in [-0.4, -0.2) is 29.5 Å². The molecular weight excluding hydrogens is 272 g/mol. The van der Waals surface area contributed by atoms with Gasteiger partial charge in [-0.1, -0.05) is 18.2 Å². The summed E-state index contributed by atoms with van der Waals surface area (Å²) in [6.45, 7) is 3.77. The molecule has 0 atom stereocenters. The van der Waals surface area contributed by atoms with Crippen molar-refractivity contribution in [1.82, 2.24) is 9.78 Å². The molecule has 6 nitrogen and oxygen atoms in total. The highest BCUT2D eigenvalue weighted by molar-refractivity contribution is 5.90. The molecule has 1 heterocycles. The molecule has 0 fully saturated rings. The van der Waals surface area contributed by atoms with Crippen molar-refractivity contribution in [2.45, 2.75) is 13.8 Å². The smallest absolute Gasteiger partial charge is 0.362 e. The topological polar surface area (TPSA) is 70.4 Å². The highest BCUT2D eigenvalue weighted by Crippen LogP contribution is 2.16. The average Bonchev–Trinajstić information content (AvgIpc) is 2.48. The maximum Gasteiger partial charge on any atom is 0.362 e. The molecule has 6 heteroatoms. The first-order valence-electron chi connectivity index (χ1n) is 6.50. The SMILES string of the molecule is CCOC(=O)c1nn(-c2ccccc2C)c(=O)cc1OC. The van der Waals surface area contributed by atoms with Gasteiger partial charge in [0.05, 0.1) is 25.5 Å². The van der Waals surface area contributed by atoms with E-state index in [4.69, 9.17) is 9.47 Å². The van der Waals surface area contributed by atoms with Crippen LogP contribution in [-0.2, 0) is 4.74 Å². The zero-order valence-corrected chi connectivity index (χ0v) is 12.1. The molecule has 1 aromatic carbocycles. The van der Waals surface area contributed by atoms with Crippen molar-refractivity contribution >= 4 is 5.97 Å². The van der Waals surface area contributed by atoms with Crippen LogP contribution < -0.4 is 10.3 Å². The van der Waals surface area contributed by atoms with Gasteiger partial charge < -0.3 is 9.47 Å². The maximum atomic E-state index is 12.2. The minimum Gasteiger partial charge on any atom is -0.494 e. The molecule has 0 aliphatic rings. The molecule has 1 aromatic heterocycles. The van der Waals surface area contributed by atoms with Crippen LogP contribution in [0.2, 0.25) is 0 Å². The van der Waals surface area contributed by atoms with Crippen molar-refractivity contribution in [1.29, 1.82) is 0 Å². The van der Waals surface area contributed by atoms with E-state index in [9.17, 15) is 9.59 Å². The number of nitrogens with zero attached hydrogens (tertiary/aromatic N) is 2. The Balaban J connectivity index is 2.63. The summed E-state index contributed by atoms with van der Waals surface area (Å²) in [5, 5.41) is 4.10. The van der Waals surface area contributed by atoms with Gasteiger partial charge in [0.2, 0.25) is 5.69 Å². The zero-order chi connectivity index (χ0) is 15.4. The number of esters is 1. The highest BCUT2D eigenvalue weighted by atomic mass is 16.5. The summed E-state index contributed by atoms with van der Waals surface area (Å²) in [5.74, 6) is -0.528. The quantitative estimate of drug-likeness (QED) is 0.801. The first kappa shape index (κ1) is 14.8. The predicted molar refractivity (Wildman–Crippen MR) is 77.1 cm³/mol. The molecule has 21 heavy (non-hydrogen) atoms. The Labute approximate surface area is 121 Å². The van der Waals surface area contributed by atoms with E-state index in [2.05, 4.69) is 5.10 Å². The normalized spacial score (nSPS) is 10.2. The summed E-state index contributed by atoms with van der Waals surface area (Å²) < 4.78 is 11.1. The first-order chi connectivity index (χ1) is 10.1. The van der Waals surface area contributed by atoms with Crippen molar-refractivity contribution in [2.75, 3.05) is 13.7 Å². The van der Waals surface area contributed by atoms with E-state index in [1.165, 1.54) is 17.9 Å². The second-order valence-electron chi connectivity index (χ2n) is 4.32. The van der Waals surface area contributed by atoms with Gasteiger partial charge in [0.15, 0.2) is 5.75 Å². The van der Waals surface area contributed by atoms with Crippen molar-refractivity contribution in [3.8, 4) is 11.4 Å². The Kier molecular flexibility index (Phi) is 4.37. The Bertz CT molecular complexity index is 722. The Morgan fingerprint density at radius 2 is 2.05 bits per heavy atom. The van der Waals surface area contributed by atoms with Crippen LogP contribution in [0.1, 0.15) is 23.0 Å². The number of aromatic nitrogens is 2. The second-order valence-corrected chi connectivity index (χ2v) is 4.32. The standard InChI is InChI=1S/C15H16N2O4/c1-4-21-15(19)14-12(20-3)9-13(18)17(16-14)11-8-6-5-7-10(11)2/h5-9H,4H2,1-3H3. The number of hydrogen-bond donors (Lipinski definition) is 0. The second kappa shape index (κ2) is 6.21. The van der Waals surface area contributed by atoms with Gasteiger partial charge in [-0.15, -0.1) is 0 Å². The maximum absolute atomic E-state index is 12.2. The fourth-order valence-electron chi connectivity index (χ4n) is 1.91. The lowest BCUT2D eigenvalue weighted by Gasteiger charge is -2.11. The van der Waals surface area contributed by atoms with Crippen molar-refractivity contribution in [2.24, 2.45) is 0 Å². The van der Waals surface area contributed by atoms with Gasteiger partial charge in [-0.25, -0.2) is 4.79 Å². The predicted octanol–water partition coefficient (Wildman–Crippen LogP) is 1.73. The molecule has 0 amide bonds. The number of hydrogen-bond acceptors (Lipinski definition) is 5. The van der Waals surface area contributed by atoms with E-state index in [0.717, 1.165) is 5.56 Å². The van der Waals surface area contributed by atoms with E-state index in [1.807, 2.05) is 19.1 Å². The van der Waals surface area contributed by atoms with Gasteiger partial charge in [-0.2, -0.15) is 9.78 Å². The van der Waals surface area contributed by atoms with Crippen molar-refractivity contribution in [3.05, 3.63) is 51.9 Å². The molecule has 0 unspecified atom stereocenters. The Morgan fingerprint density at radius 1 is 1.33 bits per heavy atom. The summed E-state index contributed by atoms with van der Waals surface area (Å²) in [6, 6.07) is 8.50. The third-order valence-corrected chi connectivity index (χ3v) is 2.93. The van der Waals surface area contributed by atoms with Crippen LogP contribution in [0.3, 0.4) is 0 Å². The van der Waals surface area contributed by atoms with Gasteiger partial charge in [0.25, 0.3) is 5.56 Å². The van der Waals surface area contributed by atoms with Gasteiger partial charge in [0.1, 0.15) is 0 Å². The number of methoxy groups -OCH3 is 1. The van der Waals surface area contributed by atoms with E-state index in [0.29, 0.717) is 5.69 Å². The van der Waals surface area contributed by atoms with Crippen LogP contribution in [0.4, 0.5) is 0 Å². The number of carbonyl (C=O) groups is 1. The number of para-hydroxylation sites is 1. The van der Waals surface area contributed by atoms with E-state index in [-0.39, 0.29) is 23.6 Å². The zero-order valence-electron chi connectivity index (χ0n) is 12.1. The monoisotopic (exact) mass is 288 g/mol. The molecule has 110 valence electrons. The number of carbonyl (C=O) groups excluding carboxylic acids is 1. The lowest BCUT2D eigenvalue weighted by atomic mass is 10.2. The average molecular weight is 288 g/mol. The van der Waals surface area contributed by atoms with Crippen LogP contribution in [0, 0.1) is 6.92 Å². The van der Waals surface area contributed by atoms with Gasteiger partial charge >= 0.3 is 5.97 Å². The number of benzene rings is 1. The lowest BCUT2D eigenvalue weighted by molar-refractivity contribution is 0.0513. The molecule has 0 saturated carbocycles. The summed E-state index contributed by atoms with van der Waals surface area (Å²) in [5.41, 5.74) is 1.07. The molecule has 2 rings (SSSR count). The largest absolute Gasteiger partial charge is 0.494 e. The molecule has 0 N–H and O–H groups in total. The van der Waals surface area contributed by atoms with E-state index in [1.54, 1.807) is 19.1 Å². The Morgan fingerprint density at radius 3 is 2.67 bits per heavy atom. The lowest BCUT2D eigenvalue weighted by Crippen LogP contribution is -2.25. The third-order valence-electron chi connectivity index (χ3n) is 2.93. The molecule has 0 spiro atoms. The minimum atomic E-state index is -0.628. The number of rotatable bonds is 4. The molecule has 0 aliphatic heterocycles. The molecule has 0 aliphatic carbocycles. The number of aryl methyl sites for hydroxylation is 1. The molecule has 2 aromatic rings. The molecular formula is C15H16N2O4. The van der Waals surface area contributed by atoms with Gasteiger partial charge in [-0.3, -0.25) is 4.79 Å². The van der Waals surface area contributed by atoms with Gasteiger partial charge in [0, 0.05) is 0 Å². The summed E-state index contributed by atoms with van der Waals surface area (Å²) in [6.07, 6.45) is 0. The number of ether oxygens (including phenoxy) is 2. The van der Waals surface area contributed by atoms with E-state index < -0.39 is 5.97 Å². The van der Waals surface area contributed by atoms with Crippen molar-refractivity contribution < 1.29 is 14.3 Å². The fourth-order valence-corrected chi connectivity index (χ4v) is 1.91. The van der Waals surface area contributed by atoms with Crippen LogP contribution >= 0.6 is 0 Å². The summed E-state index contributed by atoms with van der Waals surface area (Å²) >= 11 is 0. The minimum absolute atomic E-state index is 0.0257. The van der Waals surface area contributed by atoms with E-state index >= 15 is 0 Å². The van der Waals surface area contributed by atoms with Gasteiger partial charge in [-0.05, 0) is 25.5 Å². The summed E-state index contributed by atoms with van der Waals surface area (Å²) in [7, 11) is 1.37. The van der Waals surface area contributed by atoms with Crippen LogP contribution in [0.25, 0.3) is 5.69 Å². The van der Waals surface area contributed by atoms with Crippen LogP contribution in [0.15, 0.2) is 35.1 Å². The fraction of sp³-hybridized carbons (Fsp3) is 0.267. The first-order valence-corrected chi connectivity index (χ1v) is 6.50. The molecule has 0 bridgehead atoms. The molecule has 0 saturated heterocycles. The van der Waals surface area contributed by atoms with Crippen LogP contribution in [0.5, 0.6) is 5.75 Å². The van der Waals surface area contributed by atoms with Crippen molar-refractivity contribution in [3.63, 3.8) is 0 Å². The Hall–Kier alpha value is -2.63.